The van der Waals surface area contributed by atoms with Crippen LogP contribution in [0.4, 0.5) is 5.69 Å². The van der Waals surface area contributed by atoms with Gasteiger partial charge in [0, 0.05) is 6.20 Å². The van der Waals surface area contributed by atoms with E-state index in [0.29, 0.717) is 27.3 Å². The molecule has 0 bridgehead atoms. The van der Waals surface area contributed by atoms with Crippen LogP contribution in [0.2, 0.25) is 5.02 Å². The van der Waals surface area contributed by atoms with Crippen molar-refractivity contribution in [3.05, 3.63) is 58.4 Å². The van der Waals surface area contributed by atoms with E-state index in [1.807, 2.05) is 0 Å². The fourth-order valence-corrected chi connectivity index (χ4v) is 2.14. The van der Waals surface area contributed by atoms with Gasteiger partial charge >= 0.3 is 0 Å². The summed E-state index contributed by atoms with van der Waals surface area (Å²) in [7, 11) is 0. The molecule has 3 aromatic rings. The number of rotatable bonds is 1. The number of fused-ring (bicyclic) bond motifs is 1. The van der Waals surface area contributed by atoms with Gasteiger partial charge in [-0.05, 0) is 18.2 Å². The number of pyridine rings is 1. The molecule has 0 unspecified atom stereocenters. The molecule has 0 spiro atoms. The minimum atomic E-state index is -0.247. The van der Waals surface area contributed by atoms with Crippen molar-refractivity contribution in [2.75, 3.05) is 5.73 Å². The summed E-state index contributed by atoms with van der Waals surface area (Å²) in [6, 6.07) is 6.81. The topological polar surface area (TPSA) is 73.8 Å². The molecule has 0 atom stereocenters. The second-order valence-corrected chi connectivity index (χ2v) is 4.44. The number of hydrogen-bond acceptors (Lipinski definition) is 4. The molecule has 0 radical (unpaired) electrons. The van der Waals surface area contributed by atoms with E-state index < -0.39 is 0 Å². The van der Waals surface area contributed by atoms with Crippen LogP contribution in [0, 0.1) is 0 Å². The first kappa shape index (κ1) is 11.7. The Morgan fingerprint density at radius 3 is 2.89 bits per heavy atom. The van der Waals surface area contributed by atoms with Crippen LogP contribution < -0.4 is 11.3 Å². The molecule has 2 heterocycles. The first-order valence-electron chi connectivity index (χ1n) is 5.53. The summed E-state index contributed by atoms with van der Waals surface area (Å²) in [5.41, 5.74) is 7.01. The highest BCUT2D eigenvalue weighted by molar-refractivity contribution is 6.35. The van der Waals surface area contributed by atoms with Gasteiger partial charge in [0.15, 0.2) is 0 Å². The Balaban J connectivity index is 2.35. The predicted molar refractivity (Wildman–Crippen MR) is 74.6 cm³/mol. The Bertz CT molecular complexity index is 828. The number of benzene rings is 1. The van der Waals surface area contributed by atoms with Crippen LogP contribution in [0.25, 0.3) is 16.6 Å². The van der Waals surface area contributed by atoms with Crippen LogP contribution in [0.15, 0.2) is 47.8 Å². The van der Waals surface area contributed by atoms with Crippen molar-refractivity contribution in [1.29, 1.82) is 0 Å². The van der Waals surface area contributed by atoms with Gasteiger partial charge in [0.25, 0.3) is 5.56 Å². The van der Waals surface area contributed by atoms with Gasteiger partial charge in [0.2, 0.25) is 0 Å². The highest BCUT2D eigenvalue weighted by atomic mass is 35.5. The molecule has 0 saturated carbocycles. The van der Waals surface area contributed by atoms with E-state index >= 15 is 0 Å². The van der Waals surface area contributed by atoms with Gasteiger partial charge in [0.1, 0.15) is 6.33 Å². The summed E-state index contributed by atoms with van der Waals surface area (Å²) >= 11 is 6.06. The van der Waals surface area contributed by atoms with Gasteiger partial charge in [-0.3, -0.25) is 14.3 Å². The van der Waals surface area contributed by atoms with Gasteiger partial charge in [-0.2, -0.15) is 0 Å². The maximum absolute atomic E-state index is 12.4. The minimum absolute atomic E-state index is 0.247. The van der Waals surface area contributed by atoms with Crippen LogP contribution in [0.5, 0.6) is 0 Å². The summed E-state index contributed by atoms with van der Waals surface area (Å²) in [5.74, 6) is 0. The first-order chi connectivity index (χ1) is 9.16. The summed E-state index contributed by atoms with van der Waals surface area (Å²) < 4.78 is 1.37. The molecule has 0 fully saturated rings. The molecule has 1 aromatic carbocycles. The molecule has 0 aliphatic heterocycles. The summed E-state index contributed by atoms with van der Waals surface area (Å²) in [6.45, 7) is 0. The van der Waals surface area contributed by atoms with Crippen molar-refractivity contribution in [1.82, 2.24) is 14.5 Å². The second-order valence-electron chi connectivity index (χ2n) is 4.03. The van der Waals surface area contributed by atoms with E-state index in [9.17, 15) is 4.79 Å². The van der Waals surface area contributed by atoms with E-state index in [-0.39, 0.29) is 5.56 Å². The Labute approximate surface area is 113 Å². The molecule has 0 amide bonds. The number of anilines is 1. The van der Waals surface area contributed by atoms with Crippen LogP contribution in [0.3, 0.4) is 0 Å². The highest BCUT2D eigenvalue weighted by Crippen LogP contribution is 2.18. The van der Waals surface area contributed by atoms with Crippen molar-refractivity contribution in [3.8, 4) is 5.69 Å². The Kier molecular flexibility index (Phi) is 2.68. The smallest absolute Gasteiger partial charge is 0.267 e. The van der Waals surface area contributed by atoms with Crippen molar-refractivity contribution in [2.45, 2.75) is 0 Å². The number of halogens is 1. The van der Waals surface area contributed by atoms with Crippen LogP contribution in [0.1, 0.15) is 0 Å². The molecule has 0 aliphatic carbocycles. The number of nitrogens with two attached hydrogens (primary N) is 1. The number of aromatic nitrogens is 3. The van der Waals surface area contributed by atoms with Crippen LogP contribution in [-0.4, -0.2) is 14.5 Å². The lowest BCUT2D eigenvalue weighted by atomic mass is 10.2. The molecule has 94 valence electrons. The molecular weight excluding hydrogens is 264 g/mol. The largest absolute Gasteiger partial charge is 0.397 e. The van der Waals surface area contributed by atoms with Gasteiger partial charge in [-0.1, -0.05) is 17.7 Å². The van der Waals surface area contributed by atoms with Gasteiger partial charge < -0.3 is 5.73 Å². The van der Waals surface area contributed by atoms with E-state index in [2.05, 4.69) is 9.97 Å². The second kappa shape index (κ2) is 4.37. The molecule has 2 aromatic heterocycles. The fourth-order valence-electron chi connectivity index (χ4n) is 1.89. The third-order valence-corrected chi connectivity index (χ3v) is 3.07. The number of hydrogen-bond donors (Lipinski definition) is 1. The molecule has 6 heteroatoms. The van der Waals surface area contributed by atoms with E-state index in [4.69, 9.17) is 17.3 Å². The average Bonchev–Trinajstić information content (AvgIpc) is 2.39. The average molecular weight is 273 g/mol. The predicted octanol–water partition coefficient (Wildman–Crippen LogP) is 2.02. The van der Waals surface area contributed by atoms with Gasteiger partial charge in [-0.15, -0.1) is 0 Å². The summed E-state index contributed by atoms with van der Waals surface area (Å²) in [4.78, 5) is 20.6. The van der Waals surface area contributed by atoms with Crippen molar-refractivity contribution < 1.29 is 0 Å². The van der Waals surface area contributed by atoms with Crippen molar-refractivity contribution in [2.24, 2.45) is 0 Å². The standard InChI is InChI=1S/C13H9ClN4O/c14-10-2-1-3-11-12(10)13(19)18(7-17-11)9-4-8(15)5-16-6-9/h1-7H,15H2. The quantitative estimate of drug-likeness (QED) is 0.735. The van der Waals surface area contributed by atoms with E-state index in [1.54, 1.807) is 30.5 Å². The SMILES string of the molecule is Nc1cncc(-n2cnc3cccc(Cl)c3c2=O)c1. The maximum Gasteiger partial charge on any atom is 0.267 e. The molecular formula is C13H9ClN4O. The summed E-state index contributed by atoms with van der Waals surface area (Å²) in [6.07, 6.45) is 4.50. The van der Waals surface area contributed by atoms with E-state index in [1.165, 1.54) is 17.1 Å². The first-order valence-corrected chi connectivity index (χ1v) is 5.91. The molecule has 19 heavy (non-hydrogen) atoms. The third kappa shape index (κ3) is 1.94. The van der Waals surface area contributed by atoms with Gasteiger partial charge in [-0.25, -0.2) is 4.98 Å². The minimum Gasteiger partial charge on any atom is -0.397 e. The molecule has 2 N–H and O–H groups in total. The zero-order valence-corrected chi connectivity index (χ0v) is 10.5. The Morgan fingerprint density at radius 2 is 2.11 bits per heavy atom. The van der Waals surface area contributed by atoms with Crippen LogP contribution in [-0.2, 0) is 0 Å². The molecule has 0 aliphatic rings. The number of nitrogen functional groups attached to an aromatic ring is 1. The molecule has 5 nitrogen and oxygen atoms in total. The van der Waals surface area contributed by atoms with Crippen molar-refractivity contribution in [3.63, 3.8) is 0 Å². The monoisotopic (exact) mass is 272 g/mol. The lowest BCUT2D eigenvalue weighted by Gasteiger charge is -2.07. The fraction of sp³-hybridized carbons (Fsp3) is 0. The normalized spacial score (nSPS) is 10.8. The third-order valence-electron chi connectivity index (χ3n) is 2.76. The summed E-state index contributed by atoms with van der Waals surface area (Å²) in [5, 5.41) is 0.760. The Hall–Kier alpha value is -2.40. The lowest BCUT2D eigenvalue weighted by molar-refractivity contribution is 0.954. The maximum atomic E-state index is 12.4. The van der Waals surface area contributed by atoms with Crippen molar-refractivity contribution >= 4 is 28.2 Å². The molecule has 3 rings (SSSR count). The lowest BCUT2D eigenvalue weighted by Crippen LogP contribution is -2.19. The van der Waals surface area contributed by atoms with Crippen LogP contribution >= 0.6 is 11.6 Å². The Morgan fingerprint density at radius 1 is 1.26 bits per heavy atom. The van der Waals surface area contributed by atoms with Gasteiger partial charge in [0.05, 0.1) is 33.5 Å². The van der Waals surface area contributed by atoms with E-state index in [0.717, 1.165) is 0 Å². The highest BCUT2D eigenvalue weighted by Gasteiger charge is 2.09. The number of nitrogens with zero attached hydrogens (tertiary/aromatic N) is 3. The molecule has 0 saturated heterocycles. The zero-order valence-electron chi connectivity index (χ0n) is 9.75. The zero-order chi connectivity index (χ0) is 13.4.